The van der Waals surface area contributed by atoms with E-state index in [4.69, 9.17) is 0 Å². The van der Waals surface area contributed by atoms with Gasteiger partial charge in [0, 0.05) is 22.4 Å². The third-order valence-electron chi connectivity index (χ3n) is 3.76. The van der Waals surface area contributed by atoms with Gasteiger partial charge < -0.3 is 15.2 Å². The Hall–Kier alpha value is -1.79. The number of aryl methyl sites for hydroxylation is 1. The number of hydrogen-bond acceptors (Lipinski definition) is 5. The molecular weight excluding hydrogens is 300 g/mol. The number of nitrogens with zero attached hydrogens (tertiary/aromatic N) is 1. The molecular formula is C16H18N2O3S. The summed E-state index contributed by atoms with van der Waals surface area (Å²) >= 11 is 1.73. The van der Waals surface area contributed by atoms with Crippen LogP contribution in [0.15, 0.2) is 23.0 Å². The molecule has 3 N–H and O–H groups in total. The molecule has 116 valence electrons. The molecule has 0 amide bonds. The van der Waals surface area contributed by atoms with Crippen molar-refractivity contribution in [3.63, 3.8) is 0 Å². The summed E-state index contributed by atoms with van der Waals surface area (Å²) in [5, 5.41) is 20.1. The Balaban J connectivity index is 2.07. The number of hydrogen-bond donors (Lipinski definition) is 3. The normalized spacial score (nSPS) is 14.7. The summed E-state index contributed by atoms with van der Waals surface area (Å²) in [5.41, 5.74) is 1.41. The zero-order chi connectivity index (χ0) is 15.9. The maximum absolute atomic E-state index is 12.2. The van der Waals surface area contributed by atoms with Gasteiger partial charge >= 0.3 is 0 Å². The molecule has 0 saturated carbocycles. The molecule has 3 rings (SSSR count). The average molecular weight is 318 g/mol. The van der Waals surface area contributed by atoms with E-state index >= 15 is 0 Å². The fourth-order valence-corrected chi connectivity index (χ4v) is 3.56. The predicted octanol–water partition coefficient (Wildman–Crippen LogP) is 2.16. The van der Waals surface area contributed by atoms with Crippen LogP contribution in [0.2, 0.25) is 0 Å². The zero-order valence-electron chi connectivity index (χ0n) is 12.5. The summed E-state index contributed by atoms with van der Waals surface area (Å²) in [5.74, 6) is 2.10. The third kappa shape index (κ3) is 2.76. The van der Waals surface area contributed by atoms with Crippen molar-refractivity contribution in [2.24, 2.45) is 0 Å². The van der Waals surface area contributed by atoms with Gasteiger partial charge in [0.25, 0.3) is 5.56 Å². The first-order valence-corrected chi connectivity index (χ1v) is 8.28. The van der Waals surface area contributed by atoms with Crippen molar-refractivity contribution in [1.82, 2.24) is 9.97 Å². The second-order valence-corrected chi connectivity index (χ2v) is 7.04. The van der Waals surface area contributed by atoms with Gasteiger partial charge in [-0.3, -0.25) is 4.79 Å². The van der Waals surface area contributed by atoms with Crippen LogP contribution in [0.5, 0.6) is 5.75 Å². The van der Waals surface area contributed by atoms with Crippen molar-refractivity contribution in [2.45, 2.75) is 31.6 Å². The highest BCUT2D eigenvalue weighted by molar-refractivity contribution is 7.98. The lowest BCUT2D eigenvalue weighted by atomic mass is 9.96. The second-order valence-electron chi connectivity index (χ2n) is 5.93. The van der Waals surface area contributed by atoms with E-state index in [1.165, 1.54) is 6.07 Å². The number of aromatic amines is 1. The standard InChI is InChI=1S/C16H18N2O3S/c1-16(2,21)11-4-3-9(7-13(11)19)14-17-12-5-6-22-8-10(12)15(20)18-14/h3-4,7,19,21H,5-6,8H2,1-2H3,(H,17,18,20). The monoisotopic (exact) mass is 318 g/mol. The van der Waals surface area contributed by atoms with Crippen molar-refractivity contribution in [3.05, 3.63) is 45.4 Å². The molecule has 0 aliphatic carbocycles. The van der Waals surface area contributed by atoms with Crippen molar-refractivity contribution in [1.29, 1.82) is 0 Å². The predicted molar refractivity (Wildman–Crippen MR) is 87.1 cm³/mol. The Labute approximate surface area is 132 Å². The Bertz CT molecular complexity index is 778. The van der Waals surface area contributed by atoms with E-state index in [1.54, 1.807) is 37.7 Å². The molecule has 1 aromatic carbocycles. The third-order valence-corrected chi connectivity index (χ3v) is 4.75. The zero-order valence-corrected chi connectivity index (χ0v) is 13.3. The van der Waals surface area contributed by atoms with Gasteiger partial charge in [-0.25, -0.2) is 4.98 Å². The fraction of sp³-hybridized carbons (Fsp3) is 0.375. The maximum atomic E-state index is 12.2. The van der Waals surface area contributed by atoms with Gasteiger partial charge in [0.15, 0.2) is 0 Å². The van der Waals surface area contributed by atoms with Gasteiger partial charge in [-0.05, 0) is 32.1 Å². The van der Waals surface area contributed by atoms with Gasteiger partial charge in [-0.15, -0.1) is 0 Å². The SMILES string of the molecule is CC(C)(O)c1ccc(-c2nc3c(c(=O)[nH]2)CSCC3)cc1O. The molecule has 1 aromatic heterocycles. The van der Waals surface area contributed by atoms with Gasteiger partial charge in [0.05, 0.1) is 11.3 Å². The van der Waals surface area contributed by atoms with E-state index < -0.39 is 5.60 Å². The number of aromatic hydroxyl groups is 1. The van der Waals surface area contributed by atoms with Crippen LogP contribution in [0.3, 0.4) is 0 Å². The molecule has 0 unspecified atom stereocenters. The fourth-order valence-electron chi connectivity index (χ4n) is 2.58. The second kappa shape index (κ2) is 5.44. The number of nitrogens with one attached hydrogen (secondary N) is 1. The largest absolute Gasteiger partial charge is 0.508 e. The summed E-state index contributed by atoms with van der Waals surface area (Å²) in [6.45, 7) is 3.22. The van der Waals surface area contributed by atoms with Gasteiger partial charge in [0.1, 0.15) is 11.6 Å². The Kier molecular flexibility index (Phi) is 3.74. The van der Waals surface area contributed by atoms with Gasteiger partial charge in [-0.1, -0.05) is 12.1 Å². The molecule has 0 radical (unpaired) electrons. The first kappa shape index (κ1) is 15.1. The summed E-state index contributed by atoms with van der Waals surface area (Å²) in [6, 6.07) is 4.92. The minimum atomic E-state index is -1.13. The van der Waals surface area contributed by atoms with E-state index in [0.717, 1.165) is 23.4 Å². The van der Waals surface area contributed by atoms with E-state index in [0.29, 0.717) is 22.7 Å². The van der Waals surface area contributed by atoms with Crippen LogP contribution in [0.25, 0.3) is 11.4 Å². The number of benzene rings is 1. The van der Waals surface area contributed by atoms with Gasteiger partial charge in [0.2, 0.25) is 0 Å². The molecule has 6 heteroatoms. The quantitative estimate of drug-likeness (QED) is 0.790. The van der Waals surface area contributed by atoms with Crippen LogP contribution < -0.4 is 5.56 Å². The highest BCUT2D eigenvalue weighted by Gasteiger charge is 2.21. The molecule has 0 bridgehead atoms. The lowest BCUT2D eigenvalue weighted by Gasteiger charge is -2.20. The van der Waals surface area contributed by atoms with Crippen LogP contribution >= 0.6 is 11.8 Å². The number of rotatable bonds is 2. The molecule has 0 spiro atoms. The van der Waals surface area contributed by atoms with Crippen LogP contribution in [0.4, 0.5) is 0 Å². The molecule has 2 aromatic rings. The van der Waals surface area contributed by atoms with Crippen LogP contribution in [0, 0.1) is 0 Å². The number of H-pyrrole nitrogens is 1. The average Bonchev–Trinajstić information content (AvgIpc) is 2.46. The smallest absolute Gasteiger partial charge is 0.255 e. The van der Waals surface area contributed by atoms with Crippen molar-refractivity contribution in [3.8, 4) is 17.1 Å². The number of aliphatic hydroxyl groups is 1. The summed E-state index contributed by atoms with van der Waals surface area (Å²) in [6.07, 6.45) is 0.782. The Morgan fingerprint density at radius 2 is 2.14 bits per heavy atom. The van der Waals surface area contributed by atoms with E-state index in [-0.39, 0.29) is 11.3 Å². The summed E-state index contributed by atoms with van der Waals surface area (Å²) < 4.78 is 0. The topological polar surface area (TPSA) is 86.2 Å². The number of phenolic OH excluding ortho intramolecular Hbond substituents is 1. The van der Waals surface area contributed by atoms with Crippen LogP contribution in [0.1, 0.15) is 30.7 Å². The molecule has 0 fully saturated rings. The summed E-state index contributed by atoms with van der Waals surface area (Å²) in [7, 11) is 0. The summed E-state index contributed by atoms with van der Waals surface area (Å²) in [4.78, 5) is 19.5. The highest BCUT2D eigenvalue weighted by Crippen LogP contribution is 2.32. The number of aromatic nitrogens is 2. The Morgan fingerprint density at radius 1 is 1.36 bits per heavy atom. The van der Waals surface area contributed by atoms with Crippen LogP contribution in [-0.2, 0) is 17.8 Å². The number of phenols is 1. The van der Waals surface area contributed by atoms with E-state index in [1.807, 2.05) is 0 Å². The Morgan fingerprint density at radius 3 is 2.82 bits per heavy atom. The van der Waals surface area contributed by atoms with Crippen molar-refractivity contribution < 1.29 is 10.2 Å². The number of fused-ring (bicyclic) bond motifs is 1. The van der Waals surface area contributed by atoms with Crippen molar-refractivity contribution in [2.75, 3.05) is 5.75 Å². The van der Waals surface area contributed by atoms with E-state index in [9.17, 15) is 15.0 Å². The molecule has 22 heavy (non-hydrogen) atoms. The lowest BCUT2D eigenvalue weighted by Crippen LogP contribution is -2.21. The molecule has 0 saturated heterocycles. The first-order valence-electron chi connectivity index (χ1n) is 7.12. The molecule has 1 aliphatic rings. The molecule has 0 atom stereocenters. The minimum absolute atomic E-state index is 0.0130. The molecule has 5 nitrogen and oxygen atoms in total. The molecule has 2 heterocycles. The first-order chi connectivity index (χ1) is 10.4. The number of thioether (sulfide) groups is 1. The van der Waals surface area contributed by atoms with E-state index in [2.05, 4.69) is 9.97 Å². The molecule has 1 aliphatic heterocycles. The highest BCUT2D eigenvalue weighted by atomic mass is 32.2. The minimum Gasteiger partial charge on any atom is -0.508 e. The van der Waals surface area contributed by atoms with Gasteiger partial charge in [-0.2, -0.15) is 11.8 Å². The lowest BCUT2D eigenvalue weighted by molar-refractivity contribution is 0.0758. The van der Waals surface area contributed by atoms with Crippen LogP contribution in [-0.4, -0.2) is 25.9 Å². The van der Waals surface area contributed by atoms with Crippen molar-refractivity contribution >= 4 is 11.8 Å². The maximum Gasteiger partial charge on any atom is 0.255 e.